The molecule has 0 saturated carbocycles. The fourth-order valence-corrected chi connectivity index (χ4v) is 1.11. The molecule has 0 aliphatic heterocycles. The van der Waals surface area contributed by atoms with Gasteiger partial charge in [-0.25, -0.2) is 4.79 Å². The van der Waals surface area contributed by atoms with Gasteiger partial charge in [0.1, 0.15) is 0 Å². The second kappa shape index (κ2) is 7.01. The summed E-state index contributed by atoms with van der Waals surface area (Å²) in [6.07, 6.45) is 0.175. The number of carbonyl (C=O) groups is 2. The quantitative estimate of drug-likeness (QED) is 0.204. The predicted octanol–water partition coefficient (Wildman–Crippen LogP) is -1.25. The summed E-state index contributed by atoms with van der Waals surface area (Å²) in [4.78, 5) is 21.6. The Bertz CT molecular complexity index is 242. The molecule has 8 heteroatoms. The van der Waals surface area contributed by atoms with Crippen LogP contribution in [0.2, 0.25) is 0 Å². The molecule has 0 aromatic heterocycles. The van der Waals surface area contributed by atoms with E-state index in [-0.39, 0.29) is 17.5 Å². The number of thioether (sulfide) groups is 1. The van der Waals surface area contributed by atoms with E-state index in [0.29, 0.717) is 5.75 Å². The molecular weight excluding hydrogens is 206 g/mol. The number of urea groups is 1. The third-order valence-electron chi connectivity index (χ3n) is 1.19. The SMILES string of the molecule is CNC(=O)NC(=O)CCSC(N)=NN. The van der Waals surface area contributed by atoms with Crippen LogP contribution in [0.3, 0.4) is 0 Å². The van der Waals surface area contributed by atoms with Gasteiger partial charge in [0.05, 0.1) is 0 Å². The maximum atomic E-state index is 11.0. The molecule has 0 heterocycles. The largest absolute Gasteiger partial charge is 0.377 e. The zero-order valence-corrected chi connectivity index (χ0v) is 8.56. The molecule has 0 aliphatic rings. The van der Waals surface area contributed by atoms with E-state index in [1.165, 1.54) is 7.05 Å². The number of carbonyl (C=O) groups excluding carboxylic acids is 2. The van der Waals surface area contributed by atoms with Crippen LogP contribution in [0.1, 0.15) is 6.42 Å². The Morgan fingerprint density at radius 1 is 1.50 bits per heavy atom. The molecule has 3 amide bonds. The lowest BCUT2D eigenvalue weighted by Gasteiger charge is -2.02. The van der Waals surface area contributed by atoms with Crippen LogP contribution in [-0.2, 0) is 4.79 Å². The lowest BCUT2D eigenvalue weighted by molar-refractivity contribution is -0.119. The summed E-state index contributed by atoms with van der Waals surface area (Å²) in [6.45, 7) is 0. The van der Waals surface area contributed by atoms with E-state index in [0.717, 1.165) is 11.8 Å². The Morgan fingerprint density at radius 3 is 2.64 bits per heavy atom. The summed E-state index contributed by atoms with van der Waals surface area (Å²) in [5, 5.41) is 7.78. The van der Waals surface area contributed by atoms with Crippen LogP contribution >= 0.6 is 11.8 Å². The first kappa shape index (κ1) is 12.6. The number of amidine groups is 1. The summed E-state index contributed by atoms with van der Waals surface area (Å²) in [5.41, 5.74) is 5.26. The molecule has 0 saturated heterocycles. The summed E-state index contributed by atoms with van der Waals surface area (Å²) < 4.78 is 0. The normalized spacial score (nSPS) is 10.8. The topological polar surface area (TPSA) is 123 Å². The minimum atomic E-state index is -0.527. The fourth-order valence-electron chi connectivity index (χ4n) is 0.537. The summed E-state index contributed by atoms with van der Waals surface area (Å²) >= 11 is 1.15. The number of nitrogens with zero attached hydrogens (tertiary/aromatic N) is 1. The molecule has 0 bridgehead atoms. The number of rotatable bonds is 3. The van der Waals surface area contributed by atoms with E-state index in [2.05, 4.69) is 15.7 Å². The van der Waals surface area contributed by atoms with Gasteiger partial charge in [0.15, 0.2) is 5.17 Å². The molecule has 0 aliphatic carbocycles. The fraction of sp³-hybridized carbons (Fsp3) is 0.500. The zero-order chi connectivity index (χ0) is 11.0. The van der Waals surface area contributed by atoms with Gasteiger partial charge in [-0.2, -0.15) is 5.10 Å². The first-order chi connectivity index (χ1) is 6.60. The van der Waals surface area contributed by atoms with E-state index < -0.39 is 6.03 Å². The number of hydrogen-bond donors (Lipinski definition) is 4. The zero-order valence-electron chi connectivity index (χ0n) is 7.74. The molecule has 0 aromatic carbocycles. The third-order valence-corrected chi connectivity index (χ3v) is 2.00. The van der Waals surface area contributed by atoms with Crippen LogP contribution in [0.5, 0.6) is 0 Å². The predicted molar refractivity (Wildman–Crippen MR) is 55.5 cm³/mol. The summed E-state index contributed by atoms with van der Waals surface area (Å²) in [5.74, 6) is 4.92. The maximum absolute atomic E-state index is 11.0. The molecule has 14 heavy (non-hydrogen) atoms. The maximum Gasteiger partial charge on any atom is 0.321 e. The molecule has 6 N–H and O–H groups in total. The van der Waals surface area contributed by atoms with Crippen LogP contribution in [0, 0.1) is 0 Å². The van der Waals surface area contributed by atoms with Crippen molar-refractivity contribution in [3.8, 4) is 0 Å². The minimum absolute atomic E-state index is 0.175. The lowest BCUT2D eigenvalue weighted by atomic mass is 10.4. The van der Waals surface area contributed by atoms with Crippen molar-refractivity contribution in [2.24, 2.45) is 16.7 Å². The Labute approximate surface area is 85.7 Å². The molecular formula is C6H13N5O2S. The first-order valence-electron chi connectivity index (χ1n) is 3.78. The molecule has 0 aromatic rings. The van der Waals surface area contributed by atoms with Crippen molar-refractivity contribution < 1.29 is 9.59 Å². The van der Waals surface area contributed by atoms with Crippen LogP contribution < -0.4 is 22.2 Å². The van der Waals surface area contributed by atoms with E-state index in [1.807, 2.05) is 0 Å². The van der Waals surface area contributed by atoms with Crippen LogP contribution in [0.15, 0.2) is 5.10 Å². The average Bonchev–Trinajstić information content (AvgIpc) is 2.17. The van der Waals surface area contributed by atoms with Crippen LogP contribution in [0.25, 0.3) is 0 Å². The number of nitrogens with two attached hydrogens (primary N) is 2. The van der Waals surface area contributed by atoms with Gasteiger partial charge in [-0.3, -0.25) is 10.1 Å². The minimum Gasteiger partial charge on any atom is -0.377 e. The van der Waals surface area contributed by atoms with Crippen molar-refractivity contribution >= 4 is 28.9 Å². The number of imide groups is 1. The highest BCUT2D eigenvalue weighted by molar-refractivity contribution is 8.13. The van der Waals surface area contributed by atoms with Crippen molar-refractivity contribution in [3.63, 3.8) is 0 Å². The van der Waals surface area contributed by atoms with Gasteiger partial charge < -0.3 is 16.9 Å². The summed E-state index contributed by atoms with van der Waals surface area (Å²) in [6, 6.07) is -0.527. The Morgan fingerprint density at radius 2 is 2.14 bits per heavy atom. The summed E-state index contributed by atoms with van der Waals surface area (Å²) in [7, 11) is 1.43. The monoisotopic (exact) mass is 219 g/mol. The first-order valence-corrected chi connectivity index (χ1v) is 4.76. The number of hydrogen-bond acceptors (Lipinski definition) is 5. The molecule has 0 radical (unpaired) electrons. The van der Waals surface area contributed by atoms with Crippen molar-refractivity contribution in [1.29, 1.82) is 0 Å². The van der Waals surface area contributed by atoms with Crippen molar-refractivity contribution in [2.75, 3.05) is 12.8 Å². The molecule has 0 spiro atoms. The smallest absolute Gasteiger partial charge is 0.321 e. The van der Waals surface area contributed by atoms with E-state index in [4.69, 9.17) is 11.6 Å². The van der Waals surface area contributed by atoms with Gasteiger partial charge in [-0.1, -0.05) is 11.8 Å². The van der Waals surface area contributed by atoms with Crippen molar-refractivity contribution in [2.45, 2.75) is 6.42 Å². The van der Waals surface area contributed by atoms with Crippen LogP contribution in [-0.4, -0.2) is 29.9 Å². The number of nitrogens with one attached hydrogen (secondary N) is 2. The molecule has 0 fully saturated rings. The second-order valence-electron chi connectivity index (χ2n) is 2.19. The van der Waals surface area contributed by atoms with Gasteiger partial charge in [0.25, 0.3) is 0 Å². The Kier molecular flexibility index (Phi) is 6.29. The Balaban J connectivity index is 3.60. The van der Waals surface area contributed by atoms with Gasteiger partial charge in [0, 0.05) is 19.2 Å². The third kappa shape index (κ3) is 6.12. The molecule has 0 unspecified atom stereocenters. The number of amides is 3. The Hall–Kier alpha value is -1.44. The lowest BCUT2D eigenvalue weighted by Crippen LogP contribution is -2.37. The van der Waals surface area contributed by atoms with E-state index >= 15 is 0 Å². The van der Waals surface area contributed by atoms with E-state index in [9.17, 15) is 9.59 Å². The molecule has 80 valence electrons. The van der Waals surface area contributed by atoms with Crippen LogP contribution in [0.4, 0.5) is 4.79 Å². The van der Waals surface area contributed by atoms with Crippen molar-refractivity contribution in [1.82, 2.24) is 10.6 Å². The second-order valence-corrected chi connectivity index (χ2v) is 3.31. The van der Waals surface area contributed by atoms with Gasteiger partial charge in [0.2, 0.25) is 5.91 Å². The molecule has 7 nitrogen and oxygen atoms in total. The van der Waals surface area contributed by atoms with Gasteiger partial charge in [-0.15, -0.1) is 0 Å². The molecule has 0 atom stereocenters. The highest BCUT2D eigenvalue weighted by Crippen LogP contribution is 2.00. The van der Waals surface area contributed by atoms with Crippen molar-refractivity contribution in [3.05, 3.63) is 0 Å². The highest BCUT2D eigenvalue weighted by Gasteiger charge is 2.05. The van der Waals surface area contributed by atoms with E-state index in [1.54, 1.807) is 0 Å². The van der Waals surface area contributed by atoms with Gasteiger partial charge >= 0.3 is 6.03 Å². The standard InChI is InChI=1S/C6H13N5O2S/c1-9-6(13)10-4(12)2-3-14-5(7)11-8/h2-3,8H2,1H3,(H2,7,11)(H2,9,10,12,13). The number of hydrazone groups is 1. The molecule has 0 rings (SSSR count). The highest BCUT2D eigenvalue weighted by atomic mass is 32.2. The van der Waals surface area contributed by atoms with Gasteiger partial charge in [-0.05, 0) is 0 Å². The average molecular weight is 219 g/mol.